The van der Waals surface area contributed by atoms with E-state index < -0.39 is 0 Å². The summed E-state index contributed by atoms with van der Waals surface area (Å²) in [6, 6.07) is 8.11. The summed E-state index contributed by atoms with van der Waals surface area (Å²) >= 11 is 6.01. The Morgan fingerprint density at radius 3 is 2.30 bits per heavy atom. The second kappa shape index (κ2) is 9.69. The zero-order valence-corrected chi connectivity index (χ0v) is 17.0. The van der Waals surface area contributed by atoms with Crippen molar-refractivity contribution in [3.05, 3.63) is 34.9 Å². The van der Waals surface area contributed by atoms with E-state index in [1.54, 1.807) is 0 Å². The van der Waals surface area contributed by atoms with Crippen molar-refractivity contribution in [2.24, 2.45) is 10.7 Å². The van der Waals surface area contributed by atoms with E-state index in [-0.39, 0.29) is 29.4 Å². The molecule has 130 valence electrons. The number of rotatable bonds is 5. The summed E-state index contributed by atoms with van der Waals surface area (Å²) in [5.41, 5.74) is 7.46. The quantitative estimate of drug-likeness (QED) is 0.422. The number of nitrogens with two attached hydrogens (primary N) is 1. The highest BCUT2D eigenvalue weighted by molar-refractivity contribution is 14.0. The summed E-state index contributed by atoms with van der Waals surface area (Å²) in [5.74, 6) is 0.628. The number of ether oxygens (including phenoxy) is 1. The van der Waals surface area contributed by atoms with E-state index in [2.05, 4.69) is 30.9 Å². The molecular formula is C17H27ClIN3O. The minimum absolute atomic E-state index is 0. The maximum absolute atomic E-state index is 6.17. The summed E-state index contributed by atoms with van der Waals surface area (Å²) in [6.45, 7) is 8.20. The lowest BCUT2D eigenvalue weighted by molar-refractivity contribution is 0.0673. The van der Waals surface area contributed by atoms with Crippen molar-refractivity contribution in [3.63, 3.8) is 0 Å². The molecule has 1 aliphatic heterocycles. The van der Waals surface area contributed by atoms with Crippen LogP contribution in [0.15, 0.2) is 29.3 Å². The summed E-state index contributed by atoms with van der Waals surface area (Å²) in [7, 11) is 0. The summed E-state index contributed by atoms with van der Waals surface area (Å²) in [6.07, 6.45) is 2.04. The maximum atomic E-state index is 6.17. The molecular weight excluding hydrogens is 425 g/mol. The summed E-state index contributed by atoms with van der Waals surface area (Å²) in [4.78, 5) is 6.79. The first-order chi connectivity index (χ1) is 10.6. The fourth-order valence-corrected chi connectivity index (χ4v) is 3.03. The van der Waals surface area contributed by atoms with Gasteiger partial charge in [0.1, 0.15) is 0 Å². The van der Waals surface area contributed by atoms with E-state index in [4.69, 9.17) is 27.1 Å². The van der Waals surface area contributed by atoms with Crippen molar-refractivity contribution in [1.29, 1.82) is 0 Å². The van der Waals surface area contributed by atoms with Crippen molar-refractivity contribution >= 4 is 41.5 Å². The molecule has 4 nitrogen and oxygen atoms in total. The van der Waals surface area contributed by atoms with E-state index in [1.807, 2.05) is 12.1 Å². The Balaban J connectivity index is 0.00000264. The minimum Gasteiger partial charge on any atom is -0.378 e. The van der Waals surface area contributed by atoms with Gasteiger partial charge in [-0.05, 0) is 30.5 Å². The molecule has 1 aliphatic rings. The van der Waals surface area contributed by atoms with Gasteiger partial charge in [-0.25, -0.2) is 0 Å². The number of nitrogens with zero attached hydrogens (tertiary/aromatic N) is 2. The Morgan fingerprint density at radius 2 is 1.78 bits per heavy atom. The van der Waals surface area contributed by atoms with Gasteiger partial charge in [-0.15, -0.1) is 24.0 Å². The Kier molecular flexibility index (Phi) is 8.64. The smallest absolute Gasteiger partial charge is 0.191 e. The Hall–Kier alpha value is -0.530. The lowest BCUT2D eigenvalue weighted by Gasteiger charge is -2.32. The van der Waals surface area contributed by atoms with Gasteiger partial charge in [0.05, 0.1) is 19.8 Å². The van der Waals surface area contributed by atoms with Gasteiger partial charge in [0.2, 0.25) is 0 Å². The highest BCUT2D eigenvalue weighted by atomic mass is 127. The number of aliphatic imine (C=N–C) groups is 1. The van der Waals surface area contributed by atoms with Gasteiger partial charge < -0.3 is 15.4 Å². The molecule has 0 amide bonds. The van der Waals surface area contributed by atoms with Gasteiger partial charge >= 0.3 is 0 Å². The number of halogens is 2. The van der Waals surface area contributed by atoms with Gasteiger partial charge in [-0.3, -0.25) is 4.99 Å². The van der Waals surface area contributed by atoms with Gasteiger partial charge in [-0.2, -0.15) is 0 Å². The van der Waals surface area contributed by atoms with Crippen LogP contribution in [-0.2, 0) is 10.2 Å². The van der Waals surface area contributed by atoms with Crippen LogP contribution in [-0.4, -0.2) is 43.7 Å². The first kappa shape index (κ1) is 20.5. The summed E-state index contributed by atoms with van der Waals surface area (Å²) < 4.78 is 5.35. The van der Waals surface area contributed by atoms with Crippen molar-refractivity contribution < 1.29 is 4.74 Å². The van der Waals surface area contributed by atoms with E-state index in [1.165, 1.54) is 5.56 Å². The predicted octanol–water partition coefficient (Wildman–Crippen LogP) is 3.66. The summed E-state index contributed by atoms with van der Waals surface area (Å²) in [5, 5.41) is 0.765. The Morgan fingerprint density at radius 1 is 1.22 bits per heavy atom. The molecule has 0 aliphatic carbocycles. The first-order valence-electron chi connectivity index (χ1n) is 8.00. The highest BCUT2D eigenvalue weighted by Crippen LogP contribution is 2.32. The van der Waals surface area contributed by atoms with E-state index in [0.29, 0.717) is 12.5 Å². The zero-order chi connectivity index (χ0) is 16.0. The molecule has 1 aromatic carbocycles. The lowest BCUT2D eigenvalue weighted by Crippen LogP contribution is -2.45. The van der Waals surface area contributed by atoms with Gasteiger partial charge in [-0.1, -0.05) is 37.6 Å². The normalized spacial score (nSPS) is 16.1. The fraction of sp³-hybridized carbons (Fsp3) is 0.588. The molecule has 1 fully saturated rings. The highest BCUT2D eigenvalue weighted by Gasteiger charge is 2.28. The van der Waals surface area contributed by atoms with Gasteiger partial charge in [0.25, 0.3) is 0 Å². The standard InChI is InChI=1S/C17H26ClN3O.HI/c1-3-17(4-2,14-5-7-15(18)8-6-14)13-20-16(19)21-9-11-22-12-10-21;/h5-8H,3-4,9-13H2,1-2H3,(H2,19,20);1H. The molecule has 1 saturated heterocycles. The van der Waals surface area contributed by atoms with Crippen molar-refractivity contribution in [2.45, 2.75) is 32.1 Å². The van der Waals surface area contributed by atoms with Crippen molar-refractivity contribution in [2.75, 3.05) is 32.8 Å². The van der Waals surface area contributed by atoms with E-state index >= 15 is 0 Å². The van der Waals surface area contributed by atoms with Crippen LogP contribution in [0, 0.1) is 0 Å². The van der Waals surface area contributed by atoms with Crippen LogP contribution in [0.3, 0.4) is 0 Å². The molecule has 2 rings (SSSR count). The number of benzene rings is 1. The minimum atomic E-state index is 0. The number of morpholine rings is 1. The number of guanidine groups is 1. The van der Waals surface area contributed by atoms with Crippen molar-refractivity contribution in [3.8, 4) is 0 Å². The molecule has 1 aromatic rings. The maximum Gasteiger partial charge on any atom is 0.191 e. The second-order valence-electron chi connectivity index (χ2n) is 5.77. The third-order valence-electron chi connectivity index (χ3n) is 4.69. The van der Waals surface area contributed by atoms with Crippen LogP contribution >= 0.6 is 35.6 Å². The van der Waals surface area contributed by atoms with Crippen LogP contribution in [0.1, 0.15) is 32.3 Å². The molecule has 0 aromatic heterocycles. The predicted molar refractivity (Wildman–Crippen MR) is 108 cm³/mol. The first-order valence-corrected chi connectivity index (χ1v) is 8.38. The second-order valence-corrected chi connectivity index (χ2v) is 6.20. The van der Waals surface area contributed by atoms with Crippen LogP contribution in [0.5, 0.6) is 0 Å². The molecule has 0 spiro atoms. The monoisotopic (exact) mass is 451 g/mol. The van der Waals surface area contributed by atoms with Gasteiger partial charge in [0.15, 0.2) is 5.96 Å². The molecule has 0 bridgehead atoms. The van der Waals surface area contributed by atoms with Crippen molar-refractivity contribution in [1.82, 2.24) is 4.90 Å². The molecule has 1 heterocycles. The molecule has 23 heavy (non-hydrogen) atoms. The van der Waals surface area contributed by atoms with Crippen LogP contribution in [0.2, 0.25) is 5.02 Å². The van der Waals surface area contributed by atoms with Crippen LogP contribution in [0.4, 0.5) is 0 Å². The average molecular weight is 452 g/mol. The largest absolute Gasteiger partial charge is 0.378 e. The van der Waals surface area contributed by atoms with Crippen LogP contribution < -0.4 is 5.73 Å². The van der Waals surface area contributed by atoms with Crippen LogP contribution in [0.25, 0.3) is 0 Å². The fourth-order valence-electron chi connectivity index (χ4n) is 2.90. The number of hydrogen-bond donors (Lipinski definition) is 1. The molecule has 6 heteroatoms. The molecule has 0 atom stereocenters. The topological polar surface area (TPSA) is 50.8 Å². The average Bonchev–Trinajstić information content (AvgIpc) is 2.58. The number of hydrogen-bond acceptors (Lipinski definition) is 2. The third-order valence-corrected chi connectivity index (χ3v) is 4.94. The molecule has 0 radical (unpaired) electrons. The lowest BCUT2D eigenvalue weighted by atomic mass is 9.76. The molecule has 2 N–H and O–H groups in total. The molecule has 0 saturated carbocycles. The van der Waals surface area contributed by atoms with E-state index in [9.17, 15) is 0 Å². The van der Waals surface area contributed by atoms with Gasteiger partial charge in [0, 0.05) is 23.5 Å². The molecule has 0 unspecified atom stereocenters. The Bertz CT molecular complexity index is 497. The zero-order valence-electron chi connectivity index (χ0n) is 13.9. The third kappa shape index (κ3) is 5.22. The SMILES string of the molecule is CCC(CC)(CN=C(N)N1CCOCC1)c1ccc(Cl)cc1.I. The van der Waals surface area contributed by atoms with E-state index in [0.717, 1.165) is 44.2 Å². The Labute approximate surface area is 161 Å².